The molecule has 1 heterocycles. The summed E-state index contributed by atoms with van der Waals surface area (Å²) in [6.07, 6.45) is 0.201. The van der Waals surface area contributed by atoms with E-state index in [2.05, 4.69) is 10.3 Å². The van der Waals surface area contributed by atoms with Gasteiger partial charge in [0, 0.05) is 38.5 Å². The molecule has 0 saturated heterocycles. The van der Waals surface area contributed by atoms with Gasteiger partial charge in [-0.15, -0.1) is 11.3 Å². The quantitative estimate of drug-likeness (QED) is 0.794. The summed E-state index contributed by atoms with van der Waals surface area (Å²) in [5, 5.41) is 6.06. The zero-order valence-corrected chi connectivity index (χ0v) is 12.9. The second kappa shape index (κ2) is 8.24. The number of hydrogen-bond donors (Lipinski definition) is 1. The van der Waals surface area contributed by atoms with Gasteiger partial charge in [-0.25, -0.2) is 4.98 Å². The summed E-state index contributed by atoms with van der Waals surface area (Å²) < 4.78 is 5.44. The standard InChI is InChI=1S/C13H23N3O2S/c1-5-16(11(4)17)13-15-12(9-19-13)8-14-7-10(3)18-6-2/h9-10,14H,5-8H2,1-4H3. The Hall–Kier alpha value is -0.980. The molecule has 1 aromatic heterocycles. The number of amides is 1. The molecule has 6 heteroatoms. The van der Waals surface area contributed by atoms with Crippen LogP contribution >= 0.6 is 11.3 Å². The van der Waals surface area contributed by atoms with Gasteiger partial charge in [0.1, 0.15) is 0 Å². The van der Waals surface area contributed by atoms with Gasteiger partial charge in [0.2, 0.25) is 5.91 Å². The summed E-state index contributed by atoms with van der Waals surface area (Å²) in [7, 11) is 0. The SMILES string of the molecule is CCOC(C)CNCc1csc(N(CC)C(C)=O)n1. The molecule has 0 fully saturated rings. The molecule has 1 rings (SSSR count). The number of anilines is 1. The number of thiazole rings is 1. The number of aromatic nitrogens is 1. The van der Waals surface area contributed by atoms with Crippen LogP contribution in [-0.2, 0) is 16.1 Å². The molecule has 0 aliphatic heterocycles. The lowest BCUT2D eigenvalue weighted by Crippen LogP contribution is -2.28. The fourth-order valence-corrected chi connectivity index (χ4v) is 2.67. The first-order chi connectivity index (χ1) is 9.08. The van der Waals surface area contributed by atoms with E-state index in [9.17, 15) is 4.79 Å². The monoisotopic (exact) mass is 285 g/mol. The Kier molecular flexibility index (Phi) is 6.97. The number of nitrogens with one attached hydrogen (secondary N) is 1. The molecule has 5 nitrogen and oxygen atoms in total. The van der Waals surface area contributed by atoms with E-state index >= 15 is 0 Å². The van der Waals surface area contributed by atoms with Crippen LogP contribution in [0, 0.1) is 0 Å². The van der Waals surface area contributed by atoms with E-state index in [0.29, 0.717) is 13.1 Å². The van der Waals surface area contributed by atoms with E-state index in [-0.39, 0.29) is 12.0 Å². The third-order valence-electron chi connectivity index (χ3n) is 2.66. The van der Waals surface area contributed by atoms with E-state index < -0.39 is 0 Å². The molecule has 1 unspecified atom stereocenters. The van der Waals surface area contributed by atoms with Gasteiger partial charge < -0.3 is 10.1 Å². The highest BCUT2D eigenvalue weighted by Crippen LogP contribution is 2.20. The van der Waals surface area contributed by atoms with Crippen molar-refractivity contribution in [2.75, 3.05) is 24.6 Å². The Morgan fingerprint density at radius 2 is 2.32 bits per heavy atom. The summed E-state index contributed by atoms with van der Waals surface area (Å²) >= 11 is 1.50. The molecule has 1 N–H and O–H groups in total. The van der Waals surface area contributed by atoms with Crippen LogP contribution in [0.5, 0.6) is 0 Å². The Labute approximate surface area is 119 Å². The molecule has 1 aromatic rings. The average Bonchev–Trinajstić information content (AvgIpc) is 2.78. The van der Waals surface area contributed by atoms with Crippen molar-refractivity contribution in [1.29, 1.82) is 0 Å². The van der Waals surface area contributed by atoms with Crippen molar-refractivity contribution in [2.45, 2.75) is 40.3 Å². The lowest BCUT2D eigenvalue weighted by atomic mass is 10.4. The first-order valence-corrected chi connectivity index (χ1v) is 7.51. The zero-order chi connectivity index (χ0) is 14.3. The van der Waals surface area contributed by atoms with Crippen LogP contribution in [-0.4, -0.2) is 36.7 Å². The predicted octanol–water partition coefficient (Wildman–Crippen LogP) is 2.03. The summed E-state index contributed by atoms with van der Waals surface area (Å²) in [5.41, 5.74) is 0.961. The van der Waals surface area contributed by atoms with Crippen LogP contribution in [0.1, 0.15) is 33.4 Å². The maximum atomic E-state index is 11.4. The van der Waals surface area contributed by atoms with Crippen molar-refractivity contribution in [3.63, 3.8) is 0 Å². The van der Waals surface area contributed by atoms with Gasteiger partial charge in [-0.3, -0.25) is 9.69 Å². The Balaban J connectivity index is 2.44. The van der Waals surface area contributed by atoms with Gasteiger partial charge in [0.15, 0.2) is 5.13 Å². The van der Waals surface area contributed by atoms with E-state index in [0.717, 1.165) is 24.0 Å². The van der Waals surface area contributed by atoms with Crippen LogP contribution in [0.15, 0.2) is 5.38 Å². The number of hydrogen-bond acceptors (Lipinski definition) is 5. The molecular weight excluding hydrogens is 262 g/mol. The van der Waals surface area contributed by atoms with Gasteiger partial charge in [0.25, 0.3) is 0 Å². The molecule has 0 aromatic carbocycles. The van der Waals surface area contributed by atoms with Crippen molar-refractivity contribution in [1.82, 2.24) is 10.3 Å². The van der Waals surface area contributed by atoms with Gasteiger partial charge >= 0.3 is 0 Å². The first kappa shape index (κ1) is 16.1. The maximum absolute atomic E-state index is 11.4. The molecule has 0 spiro atoms. The lowest BCUT2D eigenvalue weighted by Gasteiger charge is -2.14. The van der Waals surface area contributed by atoms with Crippen LogP contribution in [0.3, 0.4) is 0 Å². The predicted molar refractivity (Wildman–Crippen MR) is 78.6 cm³/mol. The molecule has 0 aliphatic rings. The summed E-state index contributed by atoms with van der Waals surface area (Å²) in [6.45, 7) is 10.4. The van der Waals surface area contributed by atoms with Crippen molar-refractivity contribution < 1.29 is 9.53 Å². The average molecular weight is 285 g/mol. The first-order valence-electron chi connectivity index (χ1n) is 6.63. The summed E-state index contributed by atoms with van der Waals surface area (Å²) in [4.78, 5) is 17.6. The van der Waals surface area contributed by atoms with E-state index in [1.165, 1.54) is 11.3 Å². The molecule has 19 heavy (non-hydrogen) atoms. The van der Waals surface area contributed by atoms with Gasteiger partial charge in [-0.05, 0) is 20.8 Å². The minimum atomic E-state index is 0.0290. The Bertz CT molecular complexity index is 395. The summed E-state index contributed by atoms with van der Waals surface area (Å²) in [6, 6.07) is 0. The number of ether oxygens (including phenoxy) is 1. The smallest absolute Gasteiger partial charge is 0.225 e. The number of nitrogens with zero attached hydrogens (tertiary/aromatic N) is 2. The minimum absolute atomic E-state index is 0.0290. The zero-order valence-electron chi connectivity index (χ0n) is 12.1. The van der Waals surface area contributed by atoms with Crippen molar-refractivity contribution >= 4 is 22.4 Å². The topological polar surface area (TPSA) is 54.5 Å². The van der Waals surface area contributed by atoms with E-state index in [1.54, 1.807) is 11.8 Å². The normalized spacial score (nSPS) is 12.4. The van der Waals surface area contributed by atoms with Crippen LogP contribution in [0.25, 0.3) is 0 Å². The molecule has 1 atom stereocenters. The second-order valence-corrected chi connectivity index (χ2v) is 5.12. The lowest BCUT2D eigenvalue weighted by molar-refractivity contribution is -0.116. The minimum Gasteiger partial charge on any atom is -0.377 e. The van der Waals surface area contributed by atoms with Gasteiger partial charge in [-0.2, -0.15) is 0 Å². The van der Waals surface area contributed by atoms with Crippen LogP contribution in [0.4, 0.5) is 5.13 Å². The van der Waals surface area contributed by atoms with Crippen molar-refractivity contribution in [3.8, 4) is 0 Å². The van der Waals surface area contributed by atoms with Gasteiger partial charge in [-0.1, -0.05) is 0 Å². The van der Waals surface area contributed by atoms with Gasteiger partial charge in [0.05, 0.1) is 11.8 Å². The highest BCUT2D eigenvalue weighted by molar-refractivity contribution is 7.14. The number of carbonyl (C=O) groups excluding carboxylic acids is 1. The fourth-order valence-electron chi connectivity index (χ4n) is 1.74. The van der Waals surface area contributed by atoms with Crippen LogP contribution < -0.4 is 10.2 Å². The second-order valence-electron chi connectivity index (χ2n) is 4.28. The number of rotatable bonds is 8. The van der Waals surface area contributed by atoms with Crippen molar-refractivity contribution in [2.24, 2.45) is 0 Å². The highest BCUT2D eigenvalue weighted by Gasteiger charge is 2.13. The molecule has 0 saturated carbocycles. The Morgan fingerprint density at radius 3 is 2.89 bits per heavy atom. The van der Waals surface area contributed by atoms with E-state index in [1.807, 2.05) is 26.2 Å². The Morgan fingerprint density at radius 1 is 1.58 bits per heavy atom. The molecule has 108 valence electrons. The number of carbonyl (C=O) groups is 1. The maximum Gasteiger partial charge on any atom is 0.225 e. The molecular formula is C13H23N3O2S. The highest BCUT2D eigenvalue weighted by atomic mass is 32.1. The molecule has 0 aliphatic carbocycles. The summed E-state index contributed by atoms with van der Waals surface area (Å²) in [5.74, 6) is 0.0290. The largest absolute Gasteiger partial charge is 0.377 e. The third-order valence-corrected chi connectivity index (χ3v) is 3.57. The van der Waals surface area contributed by atoms with Crippen LogP contribution in [0.2, 0.25) is 0 Å². The molecule has 1 amide bonds. The fraction of sp³-hybridized carbons (Fsp3) is 0.692. The molecule has 0 radical (unpaired) electrons. The van der Waals surface area contributed by atoms with E-state index in [4.69, 9.17) is 4.74 Å². The van der Waals surface area contributed by atoms with Crippen molar-refractivity contribution in [3.05, 3.63) is 11.1 Å². The third kappa shape index (κ3) is 5.26. The molecule has 0 bridgehead atoms.